The molecule has 0 saturated carbocycles. The molecule has 1 saturated heterocycles. The molecule has 174 valence electrons. The molecule has 0 aromatic heterocycles. The minimum absolute atomic E-state index is 0.115. The van der Waals surface area contributed by atoms with Crippen LogP contribution in [0.1, 0.15) is 30.5 Å². The van der Waals surface area contributed by atoms with Gasteiger partial charge in [0.2, 0.25) is 0 Å². The van der Waals surface area contributed by atoms with E-state index < -0.39 is 0 Å². The average molecular weight is 473 g/mol. The molecule has 1 heterocycles. The molecule has 3 aromatic rings. The first-order valence-electron chi connectivity index (χ1n) is 11.3. The quantitative estimate of drug-likeness (QED) is 0.362. The van der Waals surface area contributed by atoms with E-state index in [1.54, 1.807) is 19.1 Å². The Balaban J connectivity index is 1.76. The number of amides is 1. The highest BCUT2D eigenvalue weighted by atomic mass is 32.2. The van der Waals surface area contributed by atoms with E-state index in [1.807, 2.05) is 48.5 Å². The molecule has 3 aromatic carbocycles. The van der Waals surface area contributed by atoms with E-state index in [-0.39, 0.29) is 5.91 Å². The van der Waals surface area contributed by atoms with Crippen LogP contribution < -0.4 is 14.4 Å². The van der Waals surface area contributed by atoms with Gasteiger partial charge in [0.05, 0.1) is 30.5 Å². The first-order valence-corrected chi connectivity index (χ1v) is 12.1. The fraction of sp³-hybridized carbons (Fsp3) is 0.214. The van der Waals surface area contributed by atoms with Crippen LogP contribution in [-0.2, 0) is 17.6 Å². The van der Waals surface area contributed by atoms with Crippen molar-refractivity contribution in [3.63, 3.8) is 0 Å². The lowest BCUT2D eigenvalue weighted by Crippen LogP contribution is -2.28. The van der Waals surface area contributed by atoms with Crippen molar-refractivity contribution in [1.29, 1.82) is 0 Å². The maximum Gasteiger partial charge on any atom is 0.271 e. The largest absolute Gasteiger partial charge is 0.497 e. The van der Waals surface area contributed by atoms with E-state index in [0.717, 1.165) is 29.8 Å². The maximum atomic E-state index is 13.6. The van der Waals surface area contributed by atoms with Gasteiger partial charge in [-0.05, 0) is 78.2 Å². The molecule has 4 rings (SSSR count). The van der Waals surface area contributed by atoms with Crippen LogP contribution in [0.15, 0.2) is 76.6 Å². The highest BCUT2D eigenvalue weighted by Gasteiger charge is 2.35. The second-order valence-electron chi connectivity index (χ2n) is 7.79. The van der Waals surface area contributed by atoms with Crippen LogP contribution >= 0.6 is 11.8 Å². The molecule has 0 radical (unpaired) electrons. The van der Waals surface area contributed by atoms with Gasteiger partial charge in [-0.2, -0.15) is 0 Å². The average Bonchev–Trinajstić information content (AvgIpc) is 3.18. The summed E-state index contributed by atoms with van der Waals surface area (Å²) in [6.07, 6.45) is 3.76. The van der Waals surface area contributed by atoms with Crippen LogP contribution in [0, 0.1) is 0 Å². The zero-order valence-electron chi connectivity index (χ0n) is 19.9. The molecule has 0 atom stereocenters. The number of aryl methyl sites for hydroxylation is 2. The van der Waals surface area contributed by atoms with Gasteiger partial charge in [-0.15, -0.1) is 0 Å². The van der Waals surface area contributed by atoms with E-state index in [9.17, 15) is 4.79 Å². The molecule has 1 amide bonds. The van der Waals surface area contributed by atoms with Crippen molar-refractivity contribution in [2.24, 2.45) is 4.99 Å². The molecule has 1 aliphatic heterocycles. The predicted molar refractivity (Wildman–Crippen MR) is 141 cm³/mol. The van der Waals surface area contributed by atoms with Crippen molar-refractivity contribution < 1.29 is 14.3 Å². The summed E-state index contributed by atoms with van der Waals surface area (Å²) in [6, 6.07) is 21.7. The fourth-order valence-electron chi connectivity index (χ4n) is 3.65. The summed E-state index contributed by atoms with van der Waals surface area (Å²) >= 11 is 1.36. The number of benzene rings is 3. The van der Waals surface area contributed by atoms with E-state index in [2.05, 4.69) is 38.1 Å². The minimum Gasteiger partial charge on any atom is -0.497 e. The van der Waals surface area contributed by atoms with Crippen LogP contribution in [0.4, 0.5) is 11.4 Å². The SMILES string of the molecule is CCc1ccc(N=C2S/C(=C\c3ccc(OC)cc3OC)C(=O)N2c2ccc(CC)cc2)cc1. The van der Waals surface area contributed by atoms with E-state index >= 15 is 0 Å². The highest BCUT2D eigenvalue weighted by molar-refractivity contribution is 8.19. The number of nitrogens with zero attached hydrogens (tertiary/aromatic N) is 2. The zero-order valence-corrected chi connectivity index (χ0v) is 20.7. The van der Waals surface area contributed by atoms with Gasteiger partial charge in [0.15, 0.2) is 5.17 Å². The monoisotopic (exact) mass is 472 g/mol. The van der Waals surface area contributed by atoms with Crippen molar-refractivity contribution in [2.45, 2.75) is 26.7 Å². The maximum absolute atomic E-state index is 13.6. The third-order valence-electron chi connectivity index (χ3n) is 5.71. The molecule has 6 heteroatoms. The summed E-state index contributed by atoms with van der Waals surface area (Å²) in [6.45, 7) is 4.24. The molecule has 34 heavy (non-hydrogen) atoms. The van der Waals surface area contributed by atoms with Crippen molar-refractivity contribution in [1.82, 2.24) is 0 Å². The number of amidine groups is 1. The molecule has 0 N–H and O–H groups in total. The predicted octanol–water partition coefficient (Wildman–Crippen LogP) is 6.64. The molecule has 0 bridgehead atoms. The summed E-state index contributed by atoms with van der Waals surface area (Å²) in [4.78, 5) is 20.7. The van der Waals surface area contributed by atoms with Crippen LogP contribution in [-0.4, -0.2) is 25.3 Å². The van der Waals surface area contributed by atoms with Gasteiger partial charge in [0.1, 0.15) is 11.5 Å². The standard InChI is InChI=1S/C28H28N2O3S/c1-5-19-7-12-22(13-8-19)29-28-30(23-14-9-20(6-2)10-15-23)27(31)26(34-28)17-21-11-16-24(32-3)18-25(21)33-4/h7-18H,5-6H2,1-4H3/b26-17-,29-28?. The molecule has 0 aliphatic carbocycles. The Labute approximate surface area is 205 Å². The third-order valence-corrected chi connectivity index (χ3v) is 6.67. The molecule has 1 aliphatic rings. The second-order valence-corrected chi connectivity index (χ2v) is 8.80. The Morgan fingerprint density at radius 2 is 1.53 bits per heavy atom. The number of hydrogen-bond donors (Lipinski definition) is 0. The fourth-order valence-corrected chi connectivity index (χ4v) is 4.64. The smallest absolute Gasteiger partial charge is 0.271 e. The van der Waals surface area contributed by atoms with Gasteiger partial charge in [-0.25, -0.2) is 4.99 Å². The number of rotatable bonds is 7. The van der Waals surface area contributed by atoms with Crippen LogP contribution in [0.25, 0.3) is 6.08 Å². The number of carbonyl (C=O) groups excluding carboxylic acids is 1. The molecule has 1 fully saturated rings. The topological polar surface area (TPSA) is 51.1 Å². The number of thioether (sulfide) groups is 1. The summed E-state index contributed by atoms with van der Waals surface area (Å²) in [7, 11) is 3.22. The molecular formula is C28H28N2O3S. The minimum atomic E-state index is -0.115. The molecular weight excluding hydrogens is 444 g/mol. The zero-order chi connectivity index (χ0) is 24.1. The molecule has 0 unspecified atom stereocenters. The van der Waals surface area contributed by atoms with Crippen molar-refractivity contribution in [3.8, 4) is 11.5 Å². The number of anilines is 1. The summed E-state index contributed by atoms with van der Waals surface area (Å²) < 4.78 is 10.8. The Hall–Kier alpha value is -3.51. The number of carbonyl (C=O) groups is 1. The summed E-state index contributed by atoms with van der Waals surface area (Å²) in [5, 5.41) is 0.622. The van der Waals surface area contributed by atoms with E-state index in [1.165, 1.54) is 22.9 Å². The number of methoxy groups -OCH3 is 2. The van der Waals surface area contributed by atoms with Gasteiger partial charge < -0.3 is 9.47 Å². The molecule has 0 spiro atoms. The van der Waals surface area contributed by atoms with Crippen LogP contribution in [0.5, 0.6) is 11.5 Å². The van der Waals surface area contributed by atoms with E-state index in [4.69, 9.17) is 14.5 Å². The lowest BCUT2D eigenvalue weighted by molar-refractivity contribution is -0.113. The first kappa shape index (κ1) is 23.6. The van der Waals surface area contributed by atoms with E-state index in [0.29, 0.717) is 21.6 Å². The highest BCUT2D eigenvalue weighted by Crippen LogP contribution is 2.39. The normalized spacial score (nSPS) is 15.9. The van der Waals surface area contributed by atoms with Crippen molar-refractivity contribution in [3.05, 3.63) is 88.3 Å². The second kappa shape index (κ2) is 10.6. The van der Waals surface area contributed by atoms with Crippen LogP contribution in [0.2, 0.25) is 0 Å². The van der Waals surface area contributed by atoms with Gasteiger partial charge >= 0.3 is 0 Å². The summed E-state index contributed by atoms with van der Waals surface area (Å²) in [5.41, 5.74) is 4.87. The third kappa shape index (κ3) is 5.02. The Morgan fingerprint density at radius 1 is 0.882 bits per heavy atom. The molecule has 5 nitrogen and oxygen atoms in total. The number of ether oxygens (including phenoxy) is 2. The summed E-state index contributed by atoms with van der Waals surface area (Å²) in [5.74, 6) is 1.22. The van der Waals surface area contributed by atoms with Gasteiger partial charge in [0, 0.05) is 11.6 Å². The van der Waals surface area contributed by atoms with Crippen LogP contribution in [0.3, 0.4) is 0 Å². The van der Waals surface area contributed by atoms with Gasteiger partial charge in [-0.1, -0.05) is 38.1 Å². The van der Waals surface area contributed by atoms with Gasteiger partial charge in [0.25, 0.3) is 5.91 Å². The van der Waals surface area contributed by atoms with Gasteiger partial charge in [-0.3, -0.25) is 9.69 Å². The Morgan fingerprint density at radius 3 is 2.12 bits per heavy atom. The first-order chi connectivity index (χ1) is 16.6. The van der Waals surface area contributed by atoms with Crippen molar-refractivity contribution >= 4 is 40.3 Å². The number of hydrogen-bond acceptors (Lipinski definition) is 5. The lowest BCUT2D eigenvalue weighted by Gasteiger charge is -2.16. The Kier molecular flexibility index (Phi) is 7.38. The number of aliphatic imine (C=N–C) groups is 1. The lowest BCUT2D eigenvalue weighted by atomic mass is 10.1. The van der Waals surface area contributed by atoms with Crippen molar-refractivity contribution in [2.75, 3.05) is 19.1 Å². The Bertz CT molecular complexity index is 1230.